The zero-order chi connectivity index (χ0) is 25.4. The van der Waals surface area contributed by atoms with E-state index in [4.69, 9.17) is 21.1 Å². The molecule has 0 aliphatic heterocycles. The largest absolute Gasteiger partial charge is 0.496 e. The molecule has 0 saturated heterocycles. The van der Waals surface area contributed by atoms with Crippen LogP contribution in [0.2, 0.25) is 5.02 Å². The molecule has 0 bridgehead atoms. The van der Waals surface area contributed by atoms with Crippen LogP contribution in [0.1, 0.15) is 17.5 Å². The normalized spacial score (nSPS) is 11.1. The second-order valence-electron chi connectivity index (χ2n) is 7.91. The van der Waals surface area contributed by atoms with Gasteiger partial charge in [-0.1, -0.05) is 47.5 Å². The van der Waals surface area contributed by atoms with Crippen molar-refractivity contribution in [2.45, 2.75) is 24.7 Å². The molecule has 0 unspecified atom stereocenters. The molecule has 3 aromatic rings. The lowest BCUT2D eigenvalue weighted by atomic mass is 10.1. The Morgan fingerprint density at radius 2 is 1.66 bits per heavy atom. The van der Waals surface area contributed by atoms with Gasteiger partial charge in [0.25, 0.3) is 10.0 Å². The Labute approximate surface area is 211 Å². The number of nitrogens with one attached hydrogen (secondary N) is 1. The molecule has 3 aromatic carbocycles. The molecule has 0 aliphatic rings. The molecule has 186 valence electrons. The number of hydrogen-bond donors (Lipinski definition) is 1. The Morgan fingerprint density at radius 1 is 0.971 bits per heavy atom. The van der Waals surface area contributed by atoms with E-state index < -0.39 is 22.5 Å². The van der Waals surface area contributed by atoms with Crippen molar-refractivity contribution in [3.63, 3.8) is 0 Å². The van der Waals surface area contributed by atoms with Crippen LogP contribution in [0.15, 0.2) is 71.6 Å². The molecule has 0 aromatic heterocycles. The number of hydrogen-bond acceptors (Lipinski definition) is 5. The average molecular weight is 517 g/mol. The Hall–Kier alpha value is -3.23. The van der Waals surface area contributed by atoms with Gasteiger partial charge in [-0.2, -0.15) is 0 Å². The maximum Gasteiger partial charge on any atom is 0.264 e. The third-order valence-electron chi connectivity index (χ3n) is 5.44. The Bertz CT molecular complexity index is 1260. The number of sulfonamides is 1. The van der Waals surface area contributed by atoms with Crippen LogP contribution in [0.5, 0.6) is 11.5 Å². The third-order valence-corrected chi connectivity index (χ3v) is 7.45. The van der Waals surface area contributed by atoms with Crippen molar-refractivity contribution in [3.8, 4) is 11.5 Å². The van der Waals surface area contributed by atoms with E-state index in [1.165, 1.54) is 25.3 Å². The van der Waals surface area contributed by atoms with Gasteiger partial charge in [-0.05, 0) is 61.7 Å². The van der Waals surface area contributed by atoms with E-state index in [2.05, 4.69) is 5.32 Å². The lowest BCUT2D eigenvalue weighted by Crippen LogP contribution is -2.41. The van der Waals surface area contributed by atoms with Gasteiger partial charge in [0, 0.05) is 11.6 Å². The predicted octanol–water partition coefficient (Wildman–Crippen LogP) is 4.61. The third kappa shape index (κ3) is 6.68. The number of rotatable bonds is 11. The summed E-state index contributed by atoms with van der Waals surface area (Å²) in [7, 11) is -1.03. The summed E-state index contributed by atoms with van der Waals surface area (Å²) in [4.78, 5) is 12.9. The highest BCUT2D eigenvalue weighted by molar-refractivity contribution is 7.92. The highest BCUT2D eigenvalue weighted by atomic mass is 35.5. The van der Waals surface area contributed by atoms with Crippen molar-refractivity contribution in [1.82, 2.24) is 5.32 Å². The molecule has 0 fully saturated rings. The number of carbonyl (C=O) groups excluding carboxylic acids is 1. The number of halogens is 1. The van der Waals surface area contributed by atoms with Gasteiger partial charge in [0.2, 0.25) is 5.91 Å². The minimum absolute atomic E-state index is 0.0640. The molecule has 1 N–H and O–H groups in total. The van der Waals surface area contributed by atoms with Gasteiger partial charge in [0.15, 0.2) is 0 Å². The summed E-state index contributed by atoms with van der Waals surface area (Å²) in [5.74, 6) is 0.638. The first-order valence-electron chi connectivity index (χ1n) is 11.1. The summed E-state index contributed by atoms with van der Waals surface area (Å²) in [5, 5.41) is 3.14. The Balaban J connectivity index is 1.79. The lowest BCUT2D eigenvalue weighted by molar-refractivity contribution is -0.119. The zero-order valence-corrected chi connectivity index (χ0v) is 21.5. The molecule has 0 spiro atoms. The van der Waals surface area contributed by atoms with Crippen LogP contribution in [-0.4, -0.2) is 41.6 Å². The van der Waals surface area contributed by atoms with Crippen molar-refractivity contribution in [1.29, 1.82) is 0 Å². The fourth-order valence-corrected chi connectivity index (χ4v) is 5.19. The van der Waals surface area contributed by atoms with Crippen LogP contribution in [-0.2, 0) is 21.2 Å². The number of benzene rings is 3. The van der Waals surface area contributed by atoms with Crippen molar-refractivity contribution in [2.75, 3.05) is 31.6 Å². The quantitative estimate of drug-likeness (QED) is 0.376. The van der Waals surface area contributed by atoms with Gasteiger partial charge in [-0.3, -0.25) is 9.10 Å². The number of amides is 1. The van der Waals surface area contributed by atoms with Crippen LogP contribution >= 0.6 is 11.6 Å². The molecule has 0 saturated carbocycles. The van der Waals surface area contributed by atoms with Gasteiger partial charge < -0.3 is 14.8 Å². The molecule has 9 heteroatoms. The second-order valence-corrected chi connectivity index (χ2v) is 10.2. The Morgan fingerprint density at radius 3 is 2.34 bits per heavy atom. The molecule has 0 aliphatic carbocycles. The van der Waals surface area contributed by atoms with E-state index in [1.54, 1.807) is 31.4 Å². The maximum absolute atomic E-state index is 13.6. The fourth-order valence-electron chi connectivity index (χ4n) is 3.60. The van der Waals surface area contributed by atoms with E-state index >= 15 is 0 Å². The number of anilines is 1. The maximum atomic E-state index is 13.6. The number of nitrogens with zero attached hydrogens (tertiary/aromatic N) is 1. The van der Waals surface area contributed by atoms with Gasteiger partial charge >= 0.3 is 0 Å². The zero-order valence-electron chi connectivity index (χ0n) is 20.0. The SMILES string of the molecule is COc1ccccc1CCCNC(=O)CN(c1cc(Cl)ccc1OC)S(=O)(=O)c1ccc(C)cc1. The average Bonchev–Trinajstić information content (AvgIpc) is 2.85. The summed E-state index contributed by atoms with van der Waals surface area (Å²) in [6.07, 6.45) is 1.37. The van der Waals surface area contributed by atoms with Crippen LogP contribution < -0.4 is 19.1 Å². The Kier molecular flexibility index (Phi) is 9.01. The van der Waals surface area contributed by atoms with Crippen LogP contribution in [0.3, 0.4) is 0 Å². The molecular weight excluding hydrogens is 488 g/mol. The number of carbonyl (C=O) groups is 1. The second kappa shape index (κ2) is 12.0. The van der Waals surface area contributed by atoms with Gasteiger partial charge in [-0.15, -0.1) is 0 Å². The summed E-state index contributed by atoms with van der Waals surface area (Å²) in [5.41, 5.74) is 2.14. The van der Waals surface area contributed by atoms with Crippen molar-refractivity contribution >= 4 is 33.2 Å². The first kappa shape index (κ1) is 26.4. The number of aryl methyl sites for hydroxylation is 2. The predicted molar refractivity (Wildman–Crippen MR) is 138 cm³/mol. The number of ether oxygens (including phenoxy) is 2. The smallest absolute Gasteiger partial charge is 0.264 e. The minimum atomic E-state index is -4.08. The minimum Gasteiger partial charge on any atom is -0.496 e. The van der Waals surface area contributed by atoms with Crippen molar-refractivity contribution < 1.29 is 22.7 Å². The van der Waals surface area contributed by atoms with Crippen LogP contribution in [0.4, 0.5) is 5.69 Å². The van der Waals surface area contributed by atoms with E-state index in [1.807, 2.05) is 31.2 Å². The van der Waals surface area contributed by atoms with E-state index in [-0.39, 0.29) is 16.3 Å². The highest BCUT2D eigenvalue weighted by Crippen LogP contribution is 2.34. The highest BCUT2D eigenvalue weighted by Gasteiger charge is 2.29. The topological polar surface area (TPSA) is 84.9 Å². The van der Waals surface area contributed by atoms with E-state index in [0.29, 0.717) is 24.4 Å². The first-order chi connectivity index (χ1) is 16.8. The van der Waals surface area contributed by atoms with Gasteiger partial charge in [0.05, 0.1) is 24.8 Å². The first-order valence-corrected chi connectivity index (χ1v) is 12.9. The van der Waals surface area contributed by atoms with Gasteiger partial charge in [0.1, 0.15) is 18.0 Å². The monoisotopic (exact) mass is 516 g/mol. The van der Waals surface area contributed by atoms with Gasteiger partial charge in [-0.25, -0.2) is 8.42 Å². The standard InChI is InChI=1S/C26H29ClN2O5S/c1-19-10-13-22(14-11-19)35(31,32)29(23-17-21(27)12-15-25(23)34-3)18-26(30)28-16-6-8-20-7-4-5-9-24(20)33-2/h4-5,7,9-15,17H,6,8,16,18H2,1-3H3,(H,28,30). The molecule has 7 nitrogen and oxygen atoms in total. The molecule has 0 radical (unpaired) electrons. The summed E-state index contributed by atoms with van der Waals surface area (Å²) in [6, 6.07) is 18.8. The molecule has 0 heterocycles. The van der Waals surface area contributed by atoms with Crippen molar-refractivity contribution in [3.05, 3.63) is 82.9 Å². The molecule has 35 heavy (non-hydrogen) atoms. The fraction of sp³-hybridized carbons (Fsp3) is 0.269. The van der Waals surface area contributed by atoms with Crippen LogP contribution in [0, 0.1) is 6.92 Å². The molecule has 1 amide bonds. The summed E-state index contributed by atoms with van der Waals surface area (Å²) >= 11 is 6.17. The summed E-state index contributed by atoms with van der Waals surface area (Å²) < 4.78 is 38.9. The van der Waals surface area contributed by atoms with E-state index in [9.17, 15) is 13.2 Å². The molecule has 3 rings (SSSR count). The molecule has 0 atom stereocenters. The van der Waals surface area contributed by atoms with Crippen LogP contribution in [0.25, 0.3) is 0 Å². The summed E-state index contributed by atoms with van der Waals surface area (Å²) in [6.45, 7) is 1.82. The number of methoxy groups -OCH3 is 2. The molecular formula is C26H29ClN2O5S. The number of para-hydroxylation sites is 1. The van der Waals surface area contributed by atoms with E-state index in [0.717, 1.165) is 21.2 Å². The van der Waals surface area contributed by atoms with Crippen molar-refractivity contribution in [2.24, 2.45) is 0 Å². The lowest BCUT2D eigenvalue weighted by Gasteiger charge is -2.26.